The molecule has 0 saturated carbocycles. The molecule has 0 aliphatic rings. The largest absolute Gasteiger partial charge is 0.480 e. The first-order valence-corrected chi connectivity index (χ1v) is 12.7. The van der Waals surface area contributed by atoms with Crippen molar-refractivity contribution in [3.05, 3.63) is 35.9 Å². The Balaban J connectivity index is 3.07. The van der Waals surface area contributed by atoms with E-state index >= 15 is 0 Å². The van der Waals surface area contributed by atoms with E-state index in [4.69, 9.17) is 11.5 Å². The zero-order valence-corrected chi connectivity index (χ0v) is 21.1. The molecule has 36 heavy (non-hydrogen) atoms. The number of aliphatic hydroxyl groups is 1. The minimum atomic E-state index is -1.37. The first-order chi connectivity index (χ1) is 17.0. The number of hydrogen-bond acceptors (Lipinski definition) is 8. The predicted molar refractivity (Wildman–Crippen MR) is 135 cm³/mol. The van der Waals surface area contributed by atoms with Crippen molar-refractivity contribution >= 4 is 41.4 Å². The summed E-state index contributed by atoms with van der Waals surface area (Å²) >= 11 is 1.42. The molecule has 0 radical (unpaired) electrons. The SMILES string of the molecule is CSCCC(NC(=O)C(Cc1ccccc1)NC(=O)C(N)C(C)O)C(=O)NC(CCC(N)=O)C(=O)O. The number of carboxylic acids is 1. The van der Waals surface area contributed by atoms with Gasteiger partial charge >= 0.3 is 5.97 Å². The summed E-state index contributed by atoms with van der Waals surface area (Å²) in [6.45, 7) is 1.34. The Morgan fingerprint density at radius 2 is 1.47 bits per heavy atom. The molecular formula is C23H35N5O7S. The van der Waals surface area contributed by atoms with Gasteiger partial charge in [0.05, 0.1) is 6.10 Å². The lowest BCUT2D eigenvalue weighted by atomic mass is 10.0. The fourth-order valence-electron chi connectivity index (χ4n) is 3.14. The number of thioether (sulfide) groups is 1. The van der Waals surface area contributed by atoms with Crippen molar-refractivity contribution < 1.29 is 34.2 Å². The fraction of sp³-hybridized carbons (Fsp3) is 0.522. The van der Waals surface area contributed by atoms with Crippen LogP contribution in [0.5, 0.6) is 0 Å². The number of amides is 4. The van der Waals surface area contributed by atoms with Crippen LogP contribution in [0.2, 0.25) is 0 Å². The molecule has 13 heteroatoms. The molecule has 0 aromatic heterocycles. The second-order valence-corrected chi connectivity index (χ2v) is 9.25. The maximum Gasteiger partial charge on any atom is 0.326 e. The molecular weight excluding hydrogens is 490 g/mol. The molecule has 0 aliphatic heterocycles. The van der Waals surface area contributed by atoms with Crippen molar-refractivity contribution in [3.63, 3.8) is 0 Å². The van der Waals surface area contributed by atoms with Crippen LogP contribution >= 0.6 is 11.8 Å². The summed E-state index contributed by atoms with van der Waals surface area (Å²) in [5.41, 5.74) is 11.5. The van der Waals surface area contributed by atoms with Gasteiger partial charge in [-0.1, -0.05) is 30.3 Å². The average molecular weight is 526 g/mol. The second-order valence-electron chi connectivity index (χ2n) is 8.26. The van der Waals surface area contributed by atoms with Gasteiger partial charge in [0.15, 0.2) is 0 Å². The summed E-state index contributed by atoms with van der Waals surface area (Å²) in [4.78, 5) is 61.1. The van der Waals surface area contributed by atoms with Crippen molar-refractivity contribution in [2.75, 3.05) is 12.0 Å². The normalized spacial score (nSPS) is 15.0. The van der Waals surface area contributed by atoms with Crippen molar-refractivity contribution in [2.45, 2.75) is 62.9 Å². The van der Waals surface area contributed by atoms with Gasteiger partial charge in [-0.25, -0.2) is 4.79 Å². The molecule has 9 N–H and O–H groups in total. The van der Waals surface area contributed by atoms with Crippen LogP contribution in [-0.4, -0.2) is 82.1 Å². The summed E-state index contributed by atoms with van der Waals surface area (Å²) < 4.78 is 0. The van der Waals surface area contributed by atoms with E-state index < -0.39 is 59.9 Å². The third-order valence-electron chi connectivity index (χ3n) is 5.28. The number of aliphatic carboxylic acids is 1. The van der Waals surface area contributed by atoms with Crippen molar-refractivity contribution in [1.29, 1.82) is 0 Å². The van der Waals surface area contributed by atoms with Gasteiger partial charge in [-0.15, -0.1) is 0 Å². The zero-order valence-electron chi connectivity index (χ0n) is 20.3. The molecule has 5 unspecified atom stereocenters. The fourth-order valence-corrected chi connectivity index (χ4v) is 3.61. The van der Waals surface area contributed by atoms with E-state index in [1.54, 1.807) is 36.6 Å². The number of carbonyl (C=O) groups is 5. The molecule has 0 heterocycles. The van der Waals surface area contributed by atoms with E-state index in [0.29, 0.717) is 5.75 Å². The smallest absolute Gasteiger partial charge is 0.326 e. The van der Waals surface area contributed by atoms with Crippen LogP contribution in [0.4, 0.5) is 0 Å². The molecule has 0 spiro atoms. The van der Waals surface area contributed by atoms with E-state index in [1.807, 2.05) is 0 Å². The Hall–Kier alpha value is -3.16. The van der Waals surface area contributed by atoms with E-state index in [9.17, 15) is 34.2 Å². The number of nitrogens with one attached hydrogen (secondary N) is 3. The topological polar surface area (TPSA) is 214 Å². The van der Waals surface area contributed by atoms with Crippen molar-refractivity contribution in [2.24, 2.45) is 11.5 Å². The molecule has 1 aromatic carbocycles. The van der Waals surface area contributed by atoms with Gasteiger partial charge in [-0.2, -0.15) is 11.8 Å². The number of nitrogens with two attached hydrogens (primary N) is 2. The molecule has 5 atom stereocenters. The van der Waals surface area contributed by atoms with Crippen molar-refractivity contribution in [3.8, 4) is 0 Å². The maximum absolute atomic E-state index is 13.2. The highest BCUT2D eigenvalue weighted by Crippen LogP contribution is 2.08. The molecule has 200 valence electrons. The predicted octanol–water partition coefficient (Wildman–Crippen LogP) is -1.51. The average Bonchev–Trinajstić information content (AvgIpc) is 2.83. The van der Waals surface area contributed by atoms with Crippen LogP contribution < -0.4 is 27.4 Å². The van der Waals surface area contributed by atoms with Gasteiger partial charge in [-0.3, -0.25) is 19.2 Å². The van der Waals surface area contributed by atoms with E-state index in [0.717, 1.165) is 5.56 Å². The number of carbonyl (C=O) groups excluding carboxylic acids is 4. The van der Waals surface area contributed by atoms with Crippen LogP contribution in [0, 0.1) is 0 Å². The Morgan fingerprint density at radius 1 is 0.917 bits per heavy atom. The Bertz CT molecular complexity index is 900. The van der Waals surface area contributed by atoms with Gasteiger partial charge in [0.25, 0.3) is 0 Å². The first kappa shape index (κ1) is 30.9. The highest BCUT2D eigenvalue weighted by Gasteiger charge is 2.31. The Kier molecular flexibility index (Phi) is 13.5. The summed E-state index contributed by atoms with van der Waals surface area (Å²) in [5.74, 6) is -3.77. The third kappa shape index (κ3) is 11.1. The summed E-state index contributed by atoms with van der Waals surface area (Å²) in [7, 11) is 0. The van der Waals surface area contributed by atoms with Gasteiger partial charge in [0.2, 0.25) is 23.6 Å². The monoisotopic (exact) mass is 525 g/mol. The number of benzene rings is 1. The first-order valence-electron chi connectivity index (χ1n) is 11.3. The molecule has 4 amide bonds. The van der Waals surface area contributed by atoms with Gasteiger partial charge in [0, 0.05) is 12.8 Å². The molecule has 0 saturated heterocycles. The highest BCUT2D eigenvalue weighted by molar-refractivity contribution is 7.98. The minimum Gasteiger partial charge on any atom is -0.480 e. The lowest BCUT2D eigenvalue weighted by Crippen LogP contribution is -2.58. The molecule has 0 bridgehead atoms. The number of primary amides is 1. The lowest BCUT2D eigenvalue weighted by molar-refractivity contribution is -0.142. The van der Waals surface area contributed by atoms with Crippen LogP contribution in [0.3, 0.4) is 0 Å². The Labute approximate surface area is 213 Å². The molecule has 1 rings (SSSR count). The summed E-state index contributed by atoms with van der Waals surface area (Å²) in [6, 6.07) is 3.96. The van der Waals surface area contributed by atoms with Crippen LogP contribution in [0.1, 0.15) is 31.7 Å². The van der Waals surface area contributed by atoms with E-state index in [-0.39, 0.29) is 25.7 Å². The zero-order chi connectivity index (χ0) is 27.3. The molecule has 12 nitrogen and oxygen atoms in total. The van der Waals surface area contributed by atoms with Crippen molar-refractivity contribution in [1.82, 2.24) is 16.0 Å². The molecule has 0 aliphatic carbocycles. The minimum absolute atomic E-state index is 0.0815. The number of hydrogen-bond donors (Lipinski definition) is 7. The summed E-state index contributed by atoms with van der Waals surface area (Å²) in [5, 5.41) is 26.5. The third-order valence-corrected chi connectivity index (χ3v) is 5.92. The van der Waals surface area contributed by atoms with E-state index in [2.05, 4.69) is 16.0 Å². The highest BCUT2D eigenvalue weighted by atomic mass is 32.2. The molecule has 0 fully saturated rings. The number of aliphatic hydroxyl groups excluding tert-OH is 1. The Morgan fingerprint density at radius 3 is 2.00 bits per heavy atom. The van der Waals surface area contributed by atoms with Gasteiger partial charge in [0.1, 0.15) is 24.2 Å². The lowest BCUT2D eigenvalue weighted by Gasteiger charge is -2.25. The van der Waals surface area contributed by atoms with Crippen LogP contribution in [0.15, 0.2) is 30.3 Å². The quantitative estimate of drug-likeness (QED) is 0.133. The van der Waals surface area contributed by atoms with Crippen LogP contribution in [-0.2, 0) is 30.4 Å². The number of rotatable bonds is 16. The van der Waals surface area contributed by atoms with Gasteiger partial charge in [-0.05, 0) is 37.3 Å². The van der Waals surface area contributed by atoms with Gasteiger partial charge < -0.3 is 37.6 Å². The summed E-state index contributed by atoms with van der Waals surface area (Å²) in [6.07, 6.45) is 0.466. The van der Waals surface area contributed by atoms with Crippen LogP contribution in [0.25, 0.3) is 0 Å². The second kappa shape index (κ2) is 15.8. The number of carboxylic acid groups (broad SMARTS) is 1. The molecule has 1 aromatic rings. The van der Waals surface area contributed by atoms with E-state index in [1.165, 1.54) is 18.7 Å². The maximum atomic E-state index is 13.2. The standard InChI is InChI=1S/C23H35N5O7S/c1-13(29)19(25)22(33)28-17(12-14-6-4-3-5-7-14)21(32)26-15(10-11-36-2)20(31)27-16(23(34)35)8-9-18(24)30/h3-7,13,15-17,19,29H,8-12,25H2,1-2H3,(H2,24,30)(H,26,32)(H,27,31)(H,28,33)(H,34,35).